The molecule has 0 amide bonds. The maximum absolute atomic E-state index is 13.7. The summed E-state index contributed by atoms with van der Waals surface area (Å²) >= 11 is 0. The molecule has 0 radical (unpaired) electrons. The van der Waals surface area contributed by atoms with Crippen LogP contribution in [-0.4, -0.2) is 9.97 Å². The highest BCUT2D eigenvalue weighted by molar-refractivity contribution is 5.79. The number of rotatable bonds is 2. The molecule has 0 saturated heterocycles. The predicted octanol–water partition coefficient (Wildman–Crippen LogP) is 4.05. The highest BCUT2D eigenvalue weighted by Crippen LogP contribution is 2.21. The van der Waals surface area contributed by atoms with Crippen LogP contribution in [0.15, 0.2) is 30.3 Å². The van der Waals surface area contributed by atoms with E-state index in [-0.39, 0.29) is 12.0 Å². The van der Waals surface area contributed by atoms with Crippen molar-refractivity contribution in [3.05, 3.63) is 64.5 Å². The molecule has 0 bridgehead atoms. The van der Waals surface area contributed by atoms with E-state index in [1.165, 1.54) is 18.2 Å². The van der Waals surface area contributed by atoms with E-state index in [1.807, 2.05) is 26.0 Å². The molecule has 0 aliphatic heterocycles. The number of nitrogens with one attached hydrogen (secondary N) is 1. The number of nitrogens with zero attached hydrogens (tertiary/aromatic N) is 1. The number of imidazole rings is 1. The molecule has 1 N–H and O–H groups in total. The molecule has 0 spiro atoms. The lowest BCUT2D eigenvalue weighted by molar-refractivity contribution is 0.559. The predicted molar refractivity (Wildman–Crippen MR) is 74.7 cm³/mol. The number of benzene rings is 2. The van der Waals surface area contributed by atoms with Crippen LogP contribution in [0.25, 0.3) is 11.0 Å². The Labute approximate surface area is 115 Å². The Kier molecular flexibility index (Phi) is 3.01. The Bertz CT molecular complexity index is 770. The van der Waals surface area contributed by atoms with Gasteiger partial charge in [-0.2, -0.15) is 0 Å². The second kappa shape index (κ2) is 4.71. The van der Waals surface area contributed by atoms with Gasteiger partial charge in [0.05, 0.1) is 11.0 Å². The Morgan fingerprint density at radius 3 is 2.50 bits per heavy atom. The minimum atomic E-state index is -0.543. The molecule has 0 unspecified atom stereocenters. The van der Waals surface area contributed by atoms with E-state index >= 15 is 0 Å². The zero-order valence-electron chi connectivity index (χ0n) is 11.3. The molecule has 0 aliphatic rings. The van der Waals surface area contributed by atoms with Gasteiger partial charge in [-0.25, -0.2) is 13.8 Å². The lowest BCUT2D eigenvalue weighted by Gasteiger charge is -2.01. The monoisotopic (exact) mass is 272 g/mol. The van der Waals surface area contributed by atoms with Crippen molar-refractivity contribution >= 4 is 11.0 Å². The van der Waals surface area contributed by atoms with Crippen LogP contribution in [0, 0.1) is 25.5 Å². The number of halogens is 2. The Balaban J connectivity index is 2.06. The third-order valence-electron chi connectivity index (χ3n) is 3.38. The van der Waals surface area contributed by atoms with Crippen molar-refractivity contribution in [2.75, 3.05) is 0 Å². The van der Waals surface area contributed by atoms with E-state index in [0.29, 0.717) is 5.82 Å². The van der Waals surface area contributed by atoms with Gasteiger partial charge in [0, 0.05) is 12.0 Å². The molecule has 1 aromatic heterocycles. The average Bonchev–Trinajstić information content (AvgIpc) is 2.77. The minimum absolute atomic E-state index is 0.0425. The summed E-state index contributed by atoms with van der Waals surface area (Å²) in [6.07, 6.45) is 0.117. The van der Waals surface area contributed by atoms with E-state index in [1.54, 1.807) is 0 Å². The van der Waals surface area contributed by atoms with Crippen LogP contribution in [0.1, 0.15) is 22.5 Å². The van der Waals surface area contributed by atoms with Gasteiger partial charge in [-0.15, -0.1) is 0 Å². The van der Waals surface area contributed by atoms with Gasteiger partial charge in [-0.1, -0.05) is 12.1 Å². The van der Waals surface area contributed by atoms with Gasteiger partial charge in [0.1, 0.15) is 17.5 Å². The smallest absolute Gasteiger partial charge is 0.129 e. The number of aromatic nitrogens is 2. The molecule has 0 aliphatic carbocycles. The summed E-state index contributed by atoms with van der Waals surface area (Å²) < 4.78 is 27.3. The van der Waals surface area contributed by atoms with Crippen molar-refractivity contribution in [1.29, 1.82) is 0 Å². The molecule has 1 heterocycles. The van der Waals surface area contributed by atoms with Crippen molar-refractivity contribution in [2.24, 2.45) is 0 Å². The Morgan fingerprint density at radius 1 is 1.10 bits per heavy atom. The van der Waals surface area contributed by atoms with Gasteiger partial charge in [-0.3, -0.25) is 0 Å². The van der Waals surface area contributed by atoms with E-state index in [4.69, 9.17) is 0 Å². The highest BCUT2D eigenvalue weighted by atomic mass is 19.1. The van der Waals surface area contributed by atoms with Gasteiger partial charge in [0.15, 0.2) is 0 Å². The third kappa shape index (κ3) is 2.18. The molecule has 20 heavy (non-hydrogen) atoms. The van der Waals surface area contributed by atoms with Crippen LogP contribution < -0.4 is 0 Å². The van der Waals surface area contributed by atoms with Crippen molar-refractivity contribution < 1.29 is 8.78 Å². The quantitative estimate of drug-likeness (QED) is 0.749. The molecule has 102 valence electrons. The number of H-pyrrole nitrogens is 1. The molecule has 0 atom stereocenters. The van der Waals surface area contributed by atoms with Crippen LogP contribution in [0.5, 0.6) is 0 Å². The first kappa shape index (κ1) is 12.8. The molecule has 0 saturated carbocycles. The summed E-state index contributed by atoms with van der Waals surface area (Å²) in [6.45, 7) is 3.98. The first-order valence-electron chi connectivity index (χ1n) is 6.43. The lowest BCUT2D eigenvalue weighted by Crippen LogP contribution is -1.98. The fourth-order valence-corrected chi connectivity index (χ4v) is 2.47. The summed E-state index contributed by atoms with van der Waals surface area (Å²) in [5.41, 5.74) is 3.97. The largest absolute Gasteiger partial charge is 0.342 e. The molecule has 4 heteroatoms. The number of fused-ring (bicyclic) bond motifs is 1. The minimum Gasteiger partial charge on any atom is -0.342 e. The first-order chi connectivity index (χ1) is 9.54. The van der Waals surface area contributed by atoms with Crippen LogP contribution in [0.2, 0.25) is 0 Å². The zero-order valence-corrected chi connectivity index (χ0v) is 11.3. The van der Waals surface area contributed by atoms with Gasteiger partial charge in [-0.05, 0) is 43.2 Å². The van der Waals surface area contributed by atoms with Crippen molar-refractivity contribution in [3.63, 3.8) is 0 Å². The van der Waals surface area contributed by atoms with Crippen molar-refractivity contribution in [3.8, 4) is 0 Å². The Hall–Kier alpha value is -2.23. The molecular weight excluding hydrogens is 258 g/mol. The van der Waals surface area contributed by atoms with Crippen LogP contribution in [-0.2, 0) is 6.42 Å². The van der Waals surface area contributed by atoms with Gasteiger partial charge in [0.25, 0.3) is 0 Å². The molecule has 3 aromatic rings. The number of hydrogen-bond donors (Lipinski definition) is 1. The summed E-state index contributed by atoms with van der Waals surface area (Å²) in [6, 6.07) is 7.90. The summed E-state index contributed by atoms with van der Waals surface area (Å²) in [7, 11) is 0. The second-order valence-corrected chi connectivity index (χ2v) is 5.04. The summed E-state index contributed by atoms with van der Waals surface area (Å²) in [5.74, 6) is -0.519. The molecule has 0 fully saturated rings. The normalized spacial score (nSPS) is 11.2. The molecule has 2 nitrogen and oxygen atoms in total. The maximum atomic E-state index is 13.7. The molecule has 3 rings (SSSR count). The number of hydrogen-bond acceptors (Lipinski definition) is 1. The summed E-state index contributed by atoms with van der Waals surface area (Å²) in [5, 5.41) is 0. The highest BCUT2D eigenvalue weighted by Gasteiger charge is 2.12. The van der Waals surface area contributed by atoms with Crippen molar-refractivity contribution in [2.45, 2.75) is 20.3 Å². The van der Waals surface area contributed by atoms with E-state index < -0.39 is 11.6 Å². The molecule has 2 aromatic carbocycles. The van der Waals surface area contributed by atoms with E-state index in [2.05, 4.69) is 9.97 Å². The van der Waals surface area contributed by atoms with Crippen LogP contribution >= 0.6 is 0 Å². The van der Waals surface area contributed by atoms with Gasteiger partial charge >= 0.3 is 0 Å². The van der Waals surface area contributed by atoms with Crippen molar-refractivity contribution in [1.82, 2.24) is 9.97 Å². The topological polar surface area (TPSA) is 28.7 Å². The number of aromatic amines is 1. The van der Waals surface area contributed by atoms with Crippen LogP contribution in [0.3, 0.4) is 0 Å². The maximum Gasteiger partial charge on any atom is 0.129 e. The van der Waals surface area contributed by atoms with Gasteiger partial charge < -0.3 is 4.98 Å². The standard InChI is InChI=1S/C16H14F2N2/c1-9-6-10(2)16-14(7-9)19-15(20-16)8-11-12(17)4-3-5-13(11)18/h3-7H,8H2,1-2H3,(H,19,20). The lowest BCUT2D eigenvalue weighted by atomic mass is 10.1. The molecular formula is C16H14F2N2. The number of aryl methyl sites for hydroxylation is 2. The Morgan fingerprint density at radius 2 is 1.80 bits per heavy atom. The van der Waals surface area contributed by atoms with E-state index in [0.717, 1.165) is 22.2 Å². The first-order valence-corrected chi connectivity index (χ1v) is 6.43. The zero-order chi connectivity index (χ0) is 14.3. The van der Waals surface area contributed by atoms with Gasteiger partial charge in [0.2, 0.25) is 0 Å². The fourth-order valence-electron chi connectivity index (χ4n) is 2.47. The average molecular weight is 272 g/mol. The third-order valence-corrected chi connectivity index (χ3v) is 3.38. The second-order valence-electron chi connectivity index (χ2n) is 5.04. The fraction of sp³-hybridized carbons (Fsp3) is 0.188. The van der Waals surface area contributed by atoms with Crippen LogP contribution in [0.4, 0.5) is 8.78 Å². The SMILES string of the molecule is Cc1cc(C)c2nc(Cc3c(F)cccc3F)[nH]c2c1. The summed E-state index contributed by atoms with van der Waals surface area (Å²) in [4.78, 5) is 7.58. The van der Waals surface area contributed by atoms with E-state index in [9.17, 15) is 8.78 Å².